The van der Waals surface area contributed by atoms with Crippen LogP contribution < -0.4 is 0 Å². The van der Waals surface area contributed by atoms with Gasteiger partial charge in [-0.25, -0.2) is 0 Å². The quantitative estimate of drug-likeness (QED) is 0.543. The largest absolute Gasteiger partial charge is 0.361 e. The van der Waals surface area contributed by atoms with Crippen molar-refractivity contribution in [2.24, 2.45) is 0 Å². The van der Waals surface area contributed by atoms with Gasteiger partial charge in [-0.2, -0.15) is 0 Å². The van der Waals surface area contributed by atoms with Crippen LogP contribution in [-0.2, 0) is 6.42 Å². The first-order chi connectivity index (χ1) is 10.3. The lowest BCUT2D eigenvalue weighted by Crippen LogP contribution is -2.03. The van der Waals surface area contributed by atoms with Crippen LogP contribution in [0.15, 0.2) is 60.8 Å². The van der Waals surface area contributed by atoms with Gasteiger partial charge in [-0.3, -0.25) is 4.79 Å². The zero-order chi connectivity index (χ0) is 14.2. The van der Waals surface area contributed by atoms with Crippen molar-refractivity contribution in [2.75, 3.05) is 0 Å². The number of benzene rings is 2. The van der Waals surface area contributed by atoms with Crippen molar-refractivity contribution in [3.8, 4) is 0 Å². The van der Waals surface area contributed by atoms with E-state index >= 15 is 0 Å². The summed E-state index contributed by atoms with van der Waals surface area (Å²) in [4.78, 5) is 18.8. The first kappa shape index (κ1) is 12.0. The zero-order valence-electron chi connectivity index (χ0n) is 11.4. The number of hydrogen-bond donors (Lipinski definition) is 2. The number of aromatic amines is 2. The fourth-order valence-electron chi connectivity index (χ4n) is 2.72. The number of carbonyl (C=O) groups excluding carboxylic acids is 1. The molecule has 4 rings (SSSR count). The highest BCUT2D eigenvalue weighted by Crippen LogP contribution is 2.18. The molecule has 4 aromatic rings. The van der Waals surface area contributed by atoms with Gasteiger partial charge in [0.1, 0.15) is 0 Å². The van der Waals surface area contributed by atoms with Gasteiger partial charge in [0.05, 0.1) is 5.69 Å². The van der Waals surface area contributed by atoms with Crippen LogP contribution in [0.4, 0.5) is 0 Å². The molecule has 2 aromatic carbocycles. The summed E-state index contributed by atoms with van der Waals surface area (Å²) in [5.41, 5.74) is 3.80. The Labute approximate surface area is 121 Å². The molecule has 0 saturated carbocycles. The average Bonchev–Trinajstić information content (AvgIpc) is 3.13. The van der Waals surface area contributed by atoms with E-state index in [1.807, 2.05) is 54.7 Å². The van der Waals surface area contributed by atoms with Gasteiger partial charge in [-0.1, -0.05) is 24.3 Å². The number of rotatable bonds is 3. The smallest absolute Gasteiger partial charge is 0.183 e. The second-order valence-electron chi connectivity index (χ2n) is 5.27. The molecule has 2 heterocycles. The van der Waals surface area contributed by atoms with Gasteiger partial charge in [-0.05, 0) is 41.3 Å². The minimum absolute atomic E-state index is 0.112. The lowest BCUT2D eigenvalue weighted by molar-refractivity contribution is 0.0989. The van der Waals surface area contributed by atoms with Crippen molar-refractivity contribution < 1.29 is 4.79 Å². The second kappa shape index (κ2) is 4.63. The van der Waals surface area contributed by atoms with E-state index in [2.05, 4.69) is 16.0 Å². The third-order valence-electron chi connectivity index (χ3n) is 3.81. The molecule has 102 valence electrons. The van der Waals surface area contributed by atoms with Crippen LogP contribution in [0.2, 0.25) is 0 Å². The molecule has 0 spiro atoms. The number of para-hydroxylation sites is 1. The second-order valence-corrected chi connectivity index (χ2v) is 5.27. The Balaban J connectivity index is 1.64. The van der Waals surface area contributed by atoms with Crippen LogP contribution in [0.5, 0.6) is 0 Å². The monoisotopic (exact) mass is 274 g/mol. The molecular weight excluding hydrogens is 260 g/mol. The van der Waals surface area contributed by atoms with E-state index in [1.54, 1.807) is 0 Å². The standard InChI is InChI=1S/C18H14N2O/c21-18(17-11-13-3-1-2-4-16(13)20-17)10-12-5-6-15-14(9-12)7-8-19-15/h1-9,11,19-20H,10H2. The Hall–Kier alpha value is -2.81. The number of nitrogens with one attached hydrogen (secondary N) is 2. The number of carbonyl (C=O) groups is 1. The van der Waals surface area contributed by atoms with Crippen LogP contribution in [0, 0.1) is 0 Å². The minimum Gasteiger partial charge on any atom is -0.361 e. The molecule has 21 heavy (non-hydrogen) atoms. The molecule has 0 unspecified atom stereocenters. The van der Waals surface area contributed by atoms with Crippen molar-refractivity contribution in [3.63, 3.8) is 0 Å². The lowest BCUT2D eigenvalue weighted by Gasteiger charge is -2.00. The Bertz CT molecular complexity index is 913. The fourth-order valence-corrected chi connectivity index (χ4v) is 2.72. The number of H-pyrrole nitrogens is 2. The highest BCUT2D eigenvalue weighted by Gasteiger charge is 2.10. The maximum absolute atomic E-state index is 12.4. The van der Waals surface area contributed by atoms with Crippen molar-refractivity contribution in [3.05, 3.63) is 72.1 Å². The predicted octanol–water partition coefficient (Wildman–Crippen LogP) is 4.07. The Morgan fingerprint density at radius 1 is 0.905 bits per heavy atom. The van der Waals surface area contributed by atoms with Crippen LogP contribution in [0.25, 0.3) is 21.8 Å². The zero-order valence-corrected chi connectivity index (χ0v) is 11.4. The van der Waals surface area contributed by atoms with Gasteiger partial charge < -0.3 is 9.97 Å². The summed E-state index contributed by atoms with van der Waals surface area (Å²) < 4.78 is 0. The summed E-state index contributed by atoms with van der Waals surface area (Å²) in [5, 5.41) is 2.21. The maximum Gasteiger partial charge on any atom is 0.183 e. The third kappa shape index (κ3) is 2.13. The summed E-state index contributed by atoms with van der Waals surface area (Å²) in [6.07, 6.45) is 2.32. The topological polar surface area (TPSA) is 48.6 Å². The summed E-state index contributed by atoms with van der Waals surface area (Å²) in [7, 11) is 0. The fraction of sp³-hybridized carbons (Fsp3) is 0.0556. The normalized spacial score (nSPS) is 11.2. The Kier molecular flexibility index (Phi) is 2.64. The summed E-state index contributed by atoms with van der Waals surface area (Å²) in [5.74, 6) is 0.112. The molecule has 0 bridgehead atoms. The summed E-state index contributed by atoms with van der Waals surface area (Å²) in [6.45, 7) is 0. The van der Waals surface area contributed by atoms with Gasteiger partial charge in [0, 0.05) is 29.0 Å². The van der Waals surface area contributed by atoms with Crippen LogP contribution in [0.1, 0.15) is 16.1 Å². The van der Waals surface area contributed by atoms with Gasteiger partial charge in [0.2, 0.25) is 0 Å². The van der Waals surface area contributed by atoms with E-state index in [9.17, 15) is 4.79 Å². The SMILES string of the molecule is O=C(Cc1ccc2[nH]ccc2c1)c1cc2ccccc2[nH]1. The van der Waals surface area contributed by atoms with Crippen molar-refractivity contribution in [2.45, 2.75) is 6.42 Å². The van der Waals surface area contributed by atoms with E-state index in [4.69, 9.17) is 0 Å². The molecule has 3 nitrogen and oxygen atoms in total. The molecule has 0 aliphatic carbocycles. The van der Waals surface area contributed by atoms with E-state index in [1.165, 1.54) is 0 Å². The molecular formula is C18H14N2O. The minimum atomic E-state index is 0.112. The van der Waals surface area contributed by atoms with Gasteiger partial charge in [0.15, 0.2) is 5.78 Å². The lowest BCUT2D eigenvalue weighted by atomic mass is 10.1. The highest BCUT2D eigenvalue weighted by molar-refractivity contribution is 6.00. The van der Waals surface area contributed by atoms with Gasteiger partial charge >= 0.3 is 0 Å². The summed E-state index contributed by atoms with van der Waals surface area (Å²) in [6, 6.07) is 18.0. The predicted molar refractivity (Wildman–Crippen MR) is 84.6 cm³/mol. The number of ketones is 1. The number of fused-ring (bicyclic) bond motifs is 2. The molecule has 0 aliphatic rings. The van der Waals surface area contributed by atoms with Crippen LogP contribution >= 0.6 is 0 Å². The maximum atomic E-state index is 12.4. The molecule has 0 saturated heterocycles. The van der Waals surface area contributed by atoms with E-state index in [-0.39, 0.29) is 5.78 Å². The summed E-state index contributed by atoms with van der Waals surface area (Å²) >= 11 is 0. The first-order valence-electron chi connectivity index (χ1n) is 6.96. The van der Waals surface area contributed by atoms with Crippen LogP contribution in [0.3, 0.4) is 0 Å². The van der Waals surface area contributed by atoms with E-state index < -0.39 is 0 Å². The Morgan fingerprint density at radius 2 is 1.76 bits per heavy atom. The van der Waals surface area contributed by atoms with Crippen molar-refractivity contribution in [1.29, 1.82) is 0 Å². The molecule has 0 amide bonds. The Morgan fingerprint density at radius 3 is 2.67 bits per heavy atom. The van der Waals surface area contributed by atoms with E-state index in [0.717, 1.165) is 27.4 Å². The number of aromatic nitrogens is 2. The molecule has 2 N–H and O–H groups in total. The van der Waals surface area contributed by atoms with Crippen molar-refractivity contribution >= 4 is 27.6 Å². The van der Waals surface area contributed by atoms with Crippen molar-refractivity contribution in [1.82, 2.24) is 9.97 Å². The molecule has 0 aliphatic heterocycles. The van der Waals surface area contributed by atoms with Gasteiger partial charge in [0.25, 0.3) is 0 Å². The van der Waals surface area contributed by atoms with Gasteiger partial charge in [-0.15, -0.1) is 0 Å². The first-order valence-corrected chi connectivity index (χ1v) is 6.96. The molecule has 2 aromatic heterocycles. The molecule has 0 atom stereocenters. The van der Waals surface area contributed by atoms with Crippen LogP contribution in [-0.4, -0.2) is 15.8 Å². The molecule has 0 fully saturated rings. The third-order valence-corrected chi connectivity index (χ3v) is 3.81. The molecule has 0 radical (unpaired) electrons. The number of hydrogen-bond acceptors (Lipinski definition) is 1. The molecule has 3 heteroatoms. The average molecular weight is 274 g/mol. The highest BCUT2D eigenvalue weighted by atomic mass is 16.1. The number of Topliss-reactive ketones (excluding diaryl/α,β-unsaturated/α-hetero) is 1. The van der Waals surface area contributed by atoms with E-state index in [0.29, 0.717) is 12.1 Å².